The van der Waals surface area contributed by atoms with Crippen LogP contribution in [0.15, 0.2) is 28.7 Å². The number of rotatable bonds is 5. The third-order valence-corrected chi connectivity index (χ3v) is 4.83. The second kappa shape index (κ2) is 8.20. The molecule has 26 heavy (non-hydrogen) atoms. The molecule has 1 aromatic carbocycles. The zero-order chi connectivity index (χ0) is 19.5. The third-order valence-electron chi connectivity index (χ3n) is 4.16. The number of halogens is 1. The molecule has 7 heteroatoms. The summed E-state index contributed by atoms with van der Waals surface area (Å²) in [4.78, 5) is 40.6. The van der Waals surface area contributed by atoms with Crippen LogP contribution >= 0.6 is 15.9 Å². The van der Waals surface area contributed by atoms with Gasteiger partial charge < -0.3 is 15.1 Å². The largest absolute Gasteiger partial charge is 0.350 e. The highest BCUT2D eigenvalue weighted by Gasteiger charge is 2.38. The predicted molar refractivity (Wildman–Crippen MR) is 105 cm³/mol. The van der Waals surface area contributed by atoms with Gasteiger partial charge in [0.2, 0.25) is 17.7 Å². The monoisotopic (exact) mass is 423 g/mol. The van der Waals surface area contributed by atoms with E-state index in [0.717, 1.165) is 10.2 Å². The van der Waals surface area contributed by atoms with Gasteiger partial charge in [-0.1, -0.05) is 12.1 Å². The fourth-order valence-electron chi connectivity index (χ4n) is 3.01. The Morgan fingerprint density at radius 2 is 1.96 bits per heavy atom. The number of para-hydroxylation sites is 1. The third kappa shape index (κ3) is 5.06. The summed E-state index contributed by atoms with van der Waals surface area (Å²) in [6, 6.07) is 7.46. The number of nitrogens with zero attached hydrogens (tertiary/aromatic N) is 2. The van der Waals surface area contributed by atoms with E-state index < -0.39 is 5.92 Å². The Morgan fingerprint density at radius 1 is 1.31 bits per heavy atom. The number of nitrogens with one attached hydrogen (secondary N) is 1. The van der Waals surface area contributed by atoms with Gasteiger partial charge in [0.25, 0.3) is 0 Å². The molecule has 1 saturated heterocycles. The van der Waals surface area contributed by atoms with Crippen molar-refractivity contribution in [2.24, 2.45) is 5.92 Å². The lowest BCUT2D eigenvalue weighted by molar-refractivity contribution is -0.139. The van der Waals surface area contributed by atoms with Crippen molar-refractivity contribution in [1.29, 1.82) is 0 Å². The Balaban J connectivity index is 2.06. The van der Waals surface area contributed by atoms with E-state index in [2.05, 4.69) is 21.2 Å². The first kappa shape index (κ1) is 20.4. The molecule has 0 aromatic heterocycles. The maximum atomic E-state index is 12.8. The van der Waals surface area contributed by atoms with Gasteiger partial charge in [-0.05, 0) is 55.8 Å². The molecule has 1 N–H and O–H groups in total. The van der Waals surface area contributed by atoms with Gasteiger partial charge >= 0.3 is 0 Å². The van der Waals surface area contributed by atoms with E-state index >= 15 is 0 Å². The van der Waals surface area contributed by atoms with Crippen LogP contribution in [0.1, 0.15) is 34.1 Å². The van der Waals surface area contributed by atoms with Gasteiger partial charge in [0, 0.05) is 29.5 Å². The van der Waals surface area contributed by atoms with Gasteiger partial charge in [-0.3, -0.25) is 14.4 Å². The van der Waals surface area contributed by atoms with Crippen LogP contribution in [-0.4, -0.2) is 47.8 Å². The molecular weight excluding hydrogens is 398 g/mol. The molecule has 1 atom stereocenters. The van der Waals surface area contributed by atoms with E-state index in [1.54, 1.807) is 4.90 Å². The van der Waals surface area contributed by atoms with Crippen molar-refractivity contribution in [3.8, 4) is 0 Å². The first-order valence-electron chi connectivity index (χ1n) is 8.77. The average Bonchev–Trinajstić information content (AvgIpc) is 2.92. The highest BCUT2D eigenvalue weighted by atomic mass is 79.9. The zero-order valence-electron chi connectivity index (χ0n) is 15.7. The van der Waals surface area contributed by atoms with Crippen molar-refractivity contribution in [3.63, 3.8) is 0 Å². The van der Waals surface area contributed by atoms with Gasteiger partial charge in [0.05, 0.1) is 18.2 Å². The second-order valence-corrected chi connectivity index (χ2v) is 8.36. The van der Waals surface area contributed by atoms with Crippen LogP contribution in [0.3, 0.4) is 0 Å². The van der Waals surface area contributed by atoms with Gasteiger partial charge in [0.15, 0.2) is 0 Å². The molecule has 0 saturated carbocycles. The average molecular weight is 424 g/mol. The molecule has 1 aliphatic heterocycles. The van der Waals surface area contributed by atoms with E-state index in [1.807, 2.05) is 52.0 Å². The van der Waals surface area contributed by atoms with Crippen LogP contribution in [0.4, 0.5) is 5.69 Å². The number of hydrogen-bond donors (Lipinski definition) is 1. The summed E-state index contributed by atoms with van der Waals surface area (Å²) >= 11 is 3.45. The van der Waals surface area contributed by atoms with Crippen LogP contribution in [0.2, 0.25) is 0 Å². The first-order chi connectivity index (χ1) is 12.1. The van der Waals surface area contributed by atoms with Crippen molar-refractivity contribution in [2.75, 3.05) is 24.5 Å². The van der Waals surface area contributed by atoms with Gasteiger partial charge in [-0.2, -0.15) is 0 Å². The number of hydrogen-bond acceptors (Lipinski definition) is 3. The lowest BCUT2D eigenvalue weighted by atomic mass is 10.1. The smallest absolute Gasteiger partial charge is 0.240 e. The standard InChI is InChI=1S/C19H26BrN3O3/c1-5-22(12-16(24)21-19(2,3)4)18(26)13-10-17(25)23(11-13)15-9-7-6-8-14(15)20/h6-9,13H,5,10-12H2,1-4H3,(H,21,24)/t13-/m1/s1. The summed E-state index contributed by atoms with van der Waals surface area (Å²) in [5.41, 5.74) is 0.417. The molecule has 1 heterocycles. The Kier molecular flexibility index (Phi) is 6.44. The fourth-order valence-corrected chi connectivity index (χ4v) is 3.51. The quantitative estimate of drug-likeness (QED) is 0.790. The molecule has 1 aromatic rings. The first-order valence-corrected chi connectivity index (χ1v) is 9.56. The molecule has 2 rings (SSSR count). The summed E-state index contributed by atoms with van der Waals surface area (Å²) < 4.78 is 0.818. The highest BCUT2D eigenvalue weighted by molar-refractivity contribution is 9.10. The molecule has 0 bridgehead atoms. The Hall–Kier alpha value is -1.89. The second-order valence-electron chi connectivity index (χ2n) is 7.51. The molecule has 3 amide bonds. The molecule has 142 valence electrons. The molecule has 0 spiro atoms. The van der Waals surface area contributed by atoms with E-state index in [0.29, 0.717) is 13.1 Å². The number of carbonyl (C=O) groups is 3. The van der Waals surface area contributed by atoms with E-state index in [1.165, 1.54) is 4.90 Å². The molecular formula is C19H26BrN3O3. The number of benzene rings is 1. The molecule has 1 fully saturated rings. The minimum absolute atomic E-state index is 0.00628. The van der Waals surface area contributed by atoms with Crippen molar-refractivity contribution in [2.45, 2.75) is 39.7 Å². The van der Waals surface area contributed by atoms with Crippen molar-refractivity contribution in [3.05, 3.63) is 28.7 Å². The van der Waals surface area contributed by atoms with Crippen LogP contribution < -0.4 is 10.2 Å². The topological polar surface area (TPSA) is 69.7 Å². The number of carbonyl (C=O) groups excluding carboxylic acids is 3. The van der Waals surface area contributed by atoms with E-state index in [-0.39, 0.29) is 36.2 Å². The maximum Gasteiger partial charge on any atom is 0.240 e. The Bertz CT molecular complexity index is 700. The van der Waals surface area contributed by atoms with Gasteiger partial charge in [-0.15, -0.1) is 0 Å². The Labute approximate surface area is 163 Å². The predicted octanol–water partition coefficient (Wildman–Crippen LogP) is 2.57. The van der Waals surface area contributed by atoms with Crippen LogP contribution in [0, 0.1) is 5.92 Å². The number of anilines is 1. The number of likely N-dealkylation sites (N-methyl/N-ethyl adjacent to an activating group) is 1. The maximum absolute atomic E-state index is 12.8. The summed E-state index contributed by atoms with van der Waals surface area (Å²) in [6.45, 7) is 8.29. The van der Waals surface area contributed by atoms with Crippen molar-refractivity contribution in [1.82, 2.24) is 10.2 Å². The minimum atomic E-state index is -0.433. The summed E-state index contributed by atoms with van der Waals surface area (Å²) in [5.74, 6) is -0.860. The molecule has 1 aliphatic rings. The van der Waals surface area contributed by atoms with E-state index in [9.17, 15) is 14.4 Å². The van der Waals surface area contributed by atoms with Gasteiger partial charge in [-0.25, -0.2) is 0 Å². The fraction of sp³-hybridized carbons (Fsp3) is 0.526. The molecule has 0 unspecified atom stereocenters. The SMILES string of the molecule is CCN(CC(=O)NC(C)(C)C)C(=O)[C@@H]1CC(=O)N(c2ccccc2Br)C1. The number of amides is 3. The summed E-state index contributed by atoms with van der Waals surface area (Å²) in [7, 11) is 0. The van der Waals surface area contributed by atoms with Crippen molar-refractivity contribution < 1.29 is 14.4 Å². The Morgan fingerprint density at radius 3 is 2.54 bits per heavy atom. The van der Waals surface area contributed by atoms with E-state index in [4.69, 9.17) is 0 Å². The molecule has 0 aliphatic carbocycles. The van der Waals surface area contributed by atoms with Gasteiger partial charge in [0.1, 0.15) is 0 Å². The summed E-state index contributed by atoms with van der Waals surface area (Å²) in [6.07, 6.45) is 0.164. The lowest BCUT2D eigenvalue weighted by Gasteiger charge is -2.26. The molecule has 0 radical (unpaired) electrons. The van der Waals surface area contributed by atoms with Crippen LogP contribution in [-0.2, 0) is 14.4 Å². The van der Waals surface area contributed by atoms with Crippen LogP contribution in [0.5, 0.6) is 0 Å². The zero-order valence-corrected chi connectivity index (χ0v) is 17.3. The molecule has 6 nitrogen and oxygen atoms in total. The lowest BCUT2D eigenvalue weighted by Crippen LogP contribution is -2.48. The normalized spacial score (nSPS) is 17.3. The minimum Gasteiger partial charge on any atom is -0.350 e. The summed E-state index contributed by atoms with van der Waals surface area (Å²) in [5, 5.41) is 2.86. The highest BCUT2D eigenvalue weighted by Crippen LogP contribution is 2.31. The van der Waals surface area contributed by atoms with Crippen molar-refractivity contribution >= 4 is 39.3 Å². The van der Waals surface area contributed by atoms with Crippen LogP contribution in [0.25, 0.3) is 0 Å².